The Bertz CT molecular complexity index is 444. The van der Waals surface area contributed by atoms with E-state index in [0.717, 1.165) is 5.56 Å². The van der Waals surface area contributed by atoms with Gasteiger partial charge in [0.15, 0.2) is 0 Å². The van der Waals surface area contributed by atoms with Gasteiger partial charge >= 0.3 is 6.09 Å². The smallest absolute Gasteiger partial charge is 0.422 e. The quantitative estimate of drug-likeness (QED) is 0.836. The van der Waals surface area contributed by atoms with Gasteiger partial charge in [0.1, 0.15) is 11.4 Å². The molecule has 0 aromatic heterocycles. The van der Waals surface area contributed by atoms with Gasteiger partial charge in [0, 0.05) is 6.54 Å². The number of halogens is 1. The molecule has 2 N–H and O–H groups in total. The second-order valence-corrected chi connectivity index (χ2v) is 5.36. The molecule has 1 aromatic rings. The van der Waals surface area contributed by atoms with Crippen LogP contribution in [0.4, 0.5) is 4.79 Å². The molecule has 0 aliphatic carbocycles. The molecule has 0 unspecified atom stereocenters. The number of hydrazine groups is 1. The fraction of sp³-hybridized carbons (Fsp3) is 0.462. The number of benzene rings is 1. The minimum atomic E-state index is -0.521. The van der Waals surface area contributed by atoms with Crippen molar-refractivity contribution in [1.29, 1.82) is 0 Å². The maximum absolute atomic E-state index is 11.4. The van der Waals surface area contributed by atoms with E-state index in [1.54, 1.807) is 40.0 Å². The van der Waals surface area contributed by atoms with E-state index in [1.807, 2.05) is 6.07 Å². The molecule has 0 bridgehead atoms. The summed E-state index contributed by atoms with van der Waals surface area (Å²) in [5.74, 6) is 0.616. The largest absolute Gasteiger partial charge is 0.495 e. The number of hydrogen-bond donors (Lipinski definition) is 2. The summed E-state index contributed by atoms with van der Waals surface area (Å²) in [4.78, 5) is 11.4. The van der Waals surface area contributed by atoms with Crippen LogP contribution in [-0.4, -0.2) is 18.8 Å². The van der Waals surface area contributed by atoms with Crippen molar-refractivity contribution in [2.24, 2.45) is 0 Å². The highest BCUT2D eigenvalue weighted by atomic mass is 35.5. The van der Waals surface area contributed by atoms with Crippen LogP contribution in [0.5, 0.6) is 5.75 Å². The molecule has 5 nitrogen and oxygen atoms in total. The number of rotatable bonds is 4. The molecule has 0 spiro atoms. The van der Waals surface area contributed by atoms with Gasteiger partial charge in [0.25, 0.3) is 0 Å². The number of ether oxygens (including phenoxy) is 2. The summed E-state index contributed by atoms with van der Waals surface area (Å²) in [6.45, 7) is 5.84. The van der Waals surface area contributed by atoms with Crippen LogP contribution in [0, 0.1) is 0 Å². The van der Waals surface area contributed by atoms with E-state index in [9.17, 15) is 4.79 Å². The lowest BCUT2D eigenvalue weighted by molar-refractivity contribution is 0.0497. The molecule has 0 aliphatic heterocycles. The number of carbonyl (C=O) groups is 1. The number of hydrogen-bond acceptors (Lipinski definition) is 4. The fourth-order valence-electron chi connectivity index (χ4n) is 1.34. The van der Waals surface area contributed by atoms with Crippen LogP contribution in [-0.2, 0) is 11.3 Å². The van der Waals surface area contributed by atoms with Crippen molar-refractivity contribution < 1.29 is 14.3 Å². The van der Waals surface area contributed by atoms with Crippen LogP contribution >= 0.6 is 11.6 Å². The van der Waals surface area contributed by atoms with Crippen molar-refractivity contribution in [3.05, 3.63) is 28.8 Å². The van der Waals surface area contributed by atoms with Gasteiger partial charge in [0.05, 0.1) is 12.1 Å². The van der Waals surface area contributed by atoms with Crippen molar-refractivity contribution in [2.75, 3.05) is 7.11 Å². The van der Waals surface area contributed by atoms with Crippen molar-refractivity contribution in [3.8, 4) is 5.75 Å². The molecule has 0 fully saturated rings. The lowest BCUT2D eigenvalue weighted by Crippen LogP contribution is -2.40. The molecule has 0 heterocycles. The third-order valence-corrected chi connectivity index (χ3v) is 2.39. The summed E-state index contributed by atoms with van der Waals surface area (Å²) in [7, 11) is 1.56. The van der Waals surface area contributed by atoms with Crippen LogP contribution in [0.2, 0.25) is 5.02 Å². The van der Waals surface area contributed by atoms with Gasteiger partial charge in [-0.25, -0.2) is 10.2 Å². The number of carbonyl (C=O) groups excluding carboxylic acids is 1. The Labute approximate surface area is 118 Å². The number of methoxy groups -OCH3 is 1. The normalized spacial score (nSPS) is 11.0. The average Bonchev–Trinajstić information content (AvgIpc) is 2.26. The van der Waals surface area contributed by atoms with Crippen molar-refractivity contribution in [3.63, 3.8) is 0 Å². The van der Waals surface area contributed by atoms with Gasteiger partial charge in [-0.1, -0.05) is 17.7 Å². The van der Waals surface area contributed by atoms with Gasteiger partial charge in [-0.2, -0.15) is 0 Å². The fourth-order valence-corrected chi connectivity index (χ4v) is 1.62. The average molecular weight is 287 g/mol. The van der Waals surface area contributed by atoms with Gasteiger partial charge in [-0.15, -0.1) is 0 Å². The highest BCUT2D eigenvalue weighted by Crippen LogP contribution is 2.24. The maximum Gasteiger partial charge on any atom is 0.422 e. The van der Waals surface area contributed by atoms with Gasteiger partial charge in [0.2, 0.25) is 0 Å². The van der Waals surface area contributed by atoms with Crippen LogP contribution < -0.4 is 15.6 Å². The molecule has 0 saturated carbocycles. The van der Waals surface area contributed by atoms with E-state index < -0.39 is 11.7 Å². The molecule has 0 aliphatic rings. The molecular formula is C13H19ClN2O3. The third kappa shape index (κ3) is 5.81. The third-order valence-electron chi connectivity index (χ3n) is 2.10. The van der Waals surface area contributed by atoms with Gasteiger partial charge in [-0.05, 0) is 38.5 Å². The van der Waals surface area contributed by atoms with Crippen LogP contribution in [0.25, 0.3) is 0 Å². The molecule has 1 amide bonds. The summed E-state index contributed by atoms with van der Waals surface area (Å²) in [6.07, 6.45) is -0.521. The maximum atomic E-state index is 11.4. The minimum Gasteiger partial charge on any atom is -0.495 e. The van der Waals surface area contributed by atoms with E-state index in [1.165, 1.54) is 0 Å². The molecule has 19 heavy (non-hydrogen) atoms. The Morgan fingerprint density at radius 2 is 2.05 bits per heavy atom. The molecule has 0 radical (unpaired) electrons. The Kier molecular flexibility index (Phi) is 5.44. The van der Waals surface area contributed by atoms with E-state index in [-0.39, 0.29) is 0 Å². The first-order valence-electron chi connectivity index (χ1n) is 5.86. The van der Waals surface area contributed by atoms with E-state index >= 15 is 0 Å². The minimum absolute atomic E-state index is 0.433. The summed E-state index contributed by atoms with van der Waals surface area (Å²) in [5, 5.41) is 0.527. The molecule has 0 atom stereocenters. The van der Waals surface area contributed by atoms with Gasteiger partial charge in [-0.3, -0.25) is 5.43 Å². The number of nitrogens with one attached hydrogen (secondary N) is 2. The summed E-state index contributed by atoms with van der Waals surface area (Å²) in [5.41, 5.74) is 5.61. The number of amides is 1. The zero-order valence-corrected chi connectivity index (χ0v) is 12.3. The Morgan fingerprint density at radius 3 is 2.58 bits per heavy atom. The first-order valence-corrected chi connectivity index (χ1v) is 6.24. The first-order chi connectivity index (χ1) is 8.81. The van der Waals surface area contributed by atoms with Crippen LogP contribution in [0.3, 0.4) is 0 Å². The Balaban J connectivity index is 2.41. The molecule has 106 valence electrons. The van der Waals surface area contributed by atoms with Crippen molar-refractivity contribution in [2.45, 2.75) is 32.9 Å². The standard InChI is InChI=1S/C13H19ClN2O3/c1-13(2,3)19-12(17)16-15-8-9-5-6-11(18-4)10(14)7-9/h5-7,15H,8H2,1-4H3,(H,16,17). The topological polar surface area (TPSA) is 59.6 Å². The Morgan fingerprint density at radius 1 is 1.37 bits per heavy atom. The second-order valence-electron chi connectivity index (χ2n) is 4.95. The summed E-state index contributed by atoms with van der Waals surface area (Å²) >= 11 is 5.99. The van der Waals surface area contributed by atoms with Crippen LogP contribution in [0.15, 0.2) is 18.2 Å². The zero-order chi connectivity index (χ0) is 14.5. The molecular weight excluding hydrogens is 268 g/mol. The van der Waals surface area contributed by atoms with Crippen molar-refractivity contribution >= 4 is 17.7 Å². The monoisotopic (exact) mass is 286 g/mol. The van der Waals surface area contributed by atoms with E-state index in [2.05, 4.69) is 10.9 Å². The SMILES string of the molecule is COc1ccc(CNNC(=O)OC(C)(C)C)cc1Cl. The van der Waals surface area contributed by atoms with Gasteiger partial charge < -0.3 is 9.47 Å². The molecule has 6 heteroatoms. The molecule has 1 aromatic carbocycles. The second kappa shape index (κ2) is 6.63. The molecule has 0 saturated heterocycles. The lowest BCUT2D eigenvalue weighted by Gasteiger charge is -2.19. The first kappa shape index (κ1) is 15.6. The summed E-state index contributed by atoms with van der Waals surface area (Å²) in [6, 6.07) is 5.39. The Hall–Kier alpha value is -1.46. The summed E-state index contributed by atoms with van der Waals surface area (Å²) < 4.78 is 10.1. The zero-order valence-electron chi connectivity index (χ0n) is 11.5. The van der Waals surface area contributed by atoms with Crippen LogP contribution in [0.1, 0.15) is 26.3 Å². The van der Waals surface area contributed by atoms with Crippen molar-refractivity contribution in [1.82, 2.24) is 10.9 Å². The highest BCUT2D eigenvalue weighted by molar-refractivity contribution is 6.32. The van der Waals surface area contributed by atoms with E-state index in [4.69, 9.17) is 21.1 Å². The predicted molar refractivity (Wildman–Crippen MR) is 74.2 cm³/mol. The molecule has 1 rings (SSSR count). The predicted octanol–water partition coefficient (Wildman–Crippen LogP) is 2.88. The lowest BCUT2D eigenvalue weighted by atomic mass is 10.2. The highest BCUT2D eigenvalue weighted by Gasteiger charge is 2.15. The van der Waals surface area contributed by atoms with E-state index in [0.29, 0.717) is 17.3 Å².